The predicted octanol–water partition coefficient (Wildman–Crippen LogP) is 2.76. The first-order valence-corrected chi connectivity index (χ1v) is 6.55. The maximum absolute atomic E-state index is 5.92. The van der Waals surface area contributed by atoms with Crippen LogP contribution >= 0.6 is 15.9 Å². The van der Waals surface area contributed by atoms with E-state index >= 15 is 0 Å². The summed E-state index contributed by atoms with van der Waals surface area (Å²) in [6.07, 6.45) is 2.47. The standard InChI is InChI=1S/C13H19BrN2/c1-9-3-4-10(14)7-11(9)12(16-2)13(8-15)5-6-13/h3-4,7,12,16H,5-6,8,15H2,1-2H3. The zero-order valence-electron chi connectivity index (χ0n) is 9.89. The number of hydrogen-bond acceptors (Lipinski definition) is 2. The third-order valence-corrected chi connectivity index (χ3v) is 4.25. The van der Waals surface area contributed by atoms with Crippen LogP contribution in [0.15, 0.2) is 22.7 Å². The Kier molecular flexibility index (Phi) is 3.38. The van der Waals surface area contributed by atoms with Gasteiger partial charge >= 0.3 is 0 Å². The summed E-state index contributed by atoms with van der Waals surface area (Å²) in [5.74, 6) is 0. The fourth-order valence-electron chi connectivity index (χ4n) is 2.49. The molecule has 1 aromatic carbocycles. The Morgan fingerprint density at radius 1 is 1.50 bits per heavy atom. The van der Waals surface area contributed by atoms with Crippen molar-refractivity contribution >= 4 is 15.9 Å². The fraction of sp³-hybridized carbons (Fsp3) is 0.538. The Hall–Kier alpha value is -0.380. The van der Waals surface area contributed by atoms with Crippen LogP contribution in [0.1, 0.15) is 30.0 Å². The molecule has 0 aliphatic heterocycles. The van der Waals surface area contributed by atoms with Gasteiger partial charge in [-0.15, -0.1) is 0 Å². The van der Waals surface area contributed by atoms with Crippen molar-refractivity contribution < 1.29 is 0 Å². The molecule has 16 heavy (non-hydrogen) atoms. The molecule has 0 amide bonds. The molecule has 2 rings (SSSR count). The highest BCUT2D eigenvalue weighted by Crippen LogP contribution is 2.54. The van der Waals surface area contributed by atoms with Crippen LogP contribution in [-0.4, -0.2) is 13.6 Å². The summed E-state index contributed by atoms with van der Waals surface area (Å²) in [6.45, 7) is 2.93. The van der Waals surface area contributed by atoms with Gasteiger partial charge in [-0.25, -0.2) is 0 Å². The molecule has 0 heterocycles. The molecule has 1 aliphatic rings. The number of nitrogens with two attached hydrogens (primary N) is 1. The van der Waals surface area contributed by atoms with Gasteiger partial charge in [0.15, 0.2) is 0 Å². The fourth-order valence-corrected chi connectivity index (χ4v) is 2.86. The maximum Gasteiger partial charge on any atom is 0.0389 e. The second-order valence-electron chi connectivity index (χ2n) is 4.79. The first-order chi connectivity index (χ1) is 7.63. The van der Waals surface area contributed by atoms with Gasteiger partial charge in [-0.3, -0.25) is 0 Å². The van der Waals surface area contributed by atoms with Crippen LogP contribution in [0.2, 0.25) is 0 Å². The lowest BCUT2D eigenvalue weighted by Gasteiger charge is -2.27. The van der Waals surface area contributed by atoms with Crippen LogP contribution in [0, 0.1) is 12.3 Å². The molecule has 1 unspecified atom stereocenters. The minimum Gasteiger partial charge on any atom is -0.330 e. The van der Waals surface area contributed by atoms with Crippen LogP contribution in [0.5, 0.6) is 0 Å². The second-order valence-corrected chi connectivity index (χ2v) is 5.70. The van der Waals surface area contributed by atoms with Gasteiger partial charge in [-0.05, 0) is 56.6 Å². The van der Waals surface area contributed by atoms with Crippen molar-refractivity contribution in [2.45, 2.75) is 25.8 Å². The molecule has 0 radical (unpaired) electrons. The molecule has 88 valence electrons. The predicted molar refractivity (Wildman–Crippen MR) is 71.4 cm³/mol. The molecular formula is C13H19BrN2. The van der Waals surface area contributed by atoms with Crippen LogP contribution in [0.4, 0.5) is 0 Å². The summed E-state index contributed by atoms with van der Waals surface area (Å²) in [6, 6.07) is 6.85. The number of aryl methyl sites for hydroxylation is 1. The van der Waals surface area contributed by atoms with Crippen molar-refractivity contribution in [1.82, 2.24) is 5.32 Å². The van der Waals surface area contributed by atoms with Crippen molar-refractivity contribution in [2.75, 3.05) is 13.6 Å². The van der Waals surface area contributed by atoms with Crippen LogP contribution < -0.4 is 11.1 Å². The van der Waals surface area contributed by atoms with Crippen LogP contribution in [0.3, 0.4) is 0 Å². The third kappa shape index (κ3) is 2.04. The molecule has 1 saturated carbocycles. The molecule has 0 saturated heterocycles. The van der Waals surface area contributed by atoms with Gasteiger partial charge in [-0.1, -0.05) is 22.0 Å². The van der Waals surface area contributed by atoms with E-state index in [4.69, 9.17) is 5.73 Å². The zero-order valence-corrected chi connectivity index (χ0v) is 11.5. The zero-order chi connectivity index (χ0) is 11.8. The van der Waals surface area contributed by atoms with Gasteiger partial charge in [0.25, 0.3) is 0 Å². The van der Waals surface area contributed by atoms with Crippen LogP contribution in [-0.2, 0) is 0 Å². The first kappa shape index (κ1) is 12.1. The van der Waals surface area contributed by atoms with E-state index in [9.17, 15) is 0 Å². The highest BCUT2D eigenvalue weighted by molar-refractivity contribution is 9.10. The van der Waals surface area contributed by atoms with Crippen LogP contribution in [0.25, 0.3) is 0 Å². The Morgan fingerprint density at radius 3 is 2.69 bits per heavy atom. The summed E-state index contributed by atoms with van der Waals surface area (Å²) in [7, 11) is 2.03. The molecule has 2 nitrogen and oxygen atoms in total. The average Bonchev–Trinajstić information content (AvgIpc) is 3.05. The van der Waals surface area contributed by atoms with Crippen molar-refractivity contribution in [3.8, 4) is 0 Å². The minimum absolute atomic E-state index is 0.292. The number of rotatable bonds is 4. The van der Waals surface area contributed by atoms with Gasteiger partial charge in [0, 0.05) is 15.9 Å². The Labute approximate surface area is 106 Å². The van der Waals surface area contributed by atoms with Crippen molar-refractivity contribution in [1.29, 1.82) is 0 Å². The highest BCUT2D eigenvalue weighted by atomic mass is 79.9. The van der Waals surface area contributed by atoms with Gasteiger partial charge in [0.05, 0.1) is 0 Å². The van der Waals surface area contributed by atoms with E-state index in [2.05, 4.69) is 46.4 Å². The van der Waals surface area contributed by atoms with Gasteiger partial charge in [0.2, 0.25) is 0 Å². The van der Waals surface area contributed by atoms with E-state index in [1.165, 1.54) is 24.0 Å². The summed E-state index contributed by atoms with van der Waals surface area (Å²) in [5.41, 5.74) is 8.92. The lowest BCUT2D eigenvalue weighted by atomic mass is 9.88. The largest absolute Gasteiger partial charge is 0.330 e. The van der Waals surface area contributed by atoms with E-state index in [-0.39, 0.29) is 0 Å². The lowest BCUT2D eigenvalue weighted by Crippen LogP contribution is -2.32. The van der Waals surface area contributed by atoms with E-state index in [1.54, 1.807) is 0 Å². The van der Waals surface area contributed by atoms with Gasteiger partial charge in [-0.2, -0.15) is 0 Å². The normalized spacial score (nSPS) is 19.5. The molecule has 1 fully saturated rings. The molecular weight excluding hydrogens is 264 g/mol. The average molecular weight is 283 g/mol. The van der Waals surface area contributed by atoms with E-state index in [0.29, 0.717) is 11.5 Å². The maximum atomic E-state index is 5.92. The third-order valence-electron chi connectivity index (χ3n) is 3.75. The SMILES string of the molecule is CNC(c1cc(Br)ccc1C)C1(CN)CC1. The summed E-state index contributed by atoms with van der Waals surface area (Å²) >= 11 is 3.54. The molecule has 3 N–H and O–H groups in total. The highest BCUT2D eigenvalue weighted by Gasteiger charge is 2.48. The Bertz CT molecular complexity index is 386. The smallest absolute Gasteiger partial charge is 0.0389 e. The van der Waals surface area contributed by atoms with E-state index in [1.807, 2.05) is 7.05 Å². The molecule has 0 bridgehead atoms. The molecule has 1 aromatic rings. The van der Waals surface area contributed by atoms with Crippen molar-refractivity contribution in [3.63, 3.8) is 0 Å². The van der Waals surface area contributed by atoms with Crippen molar-refractivity contribution in [2.24, 2.45) is 11.1 Å². The summed E-state index contributed by atoms with van der Waals surface area (Å²) in [5, 5.41) is 3.44. The minimum atomic E-state index is 0.292. The van der Waals surface area contributed by atoms with E-state index < -0.39 is 0 Å². The lowest BCUT2D eigenvalue weighted by molar-refractivity contribution is 0.365. The molecule has 0 spiro atoms. The molecule has 3 heteroatoms. The monoisotopic (exact) mass is 282 g/mol. The number of hydrogen-bond donors (Lipinski definition) is 2. The number of benzene rings is 1. The molecule has 0 aromatic heterocycles. The molecule has 1 aliphatic carbocycles. The Morgan fingerprint density at radius 2 is 2.19 bits per heavy atom. The topological polar surface area (TPSA) is 38.0 Å². The van der Waals surface area contributed by atoms with Crippen molar-refractivity contribution in [3.05, 3.63) is 33.8 Å². The molecule has 1 atom stereocenters. The number of nitrogens with one attached hydrogen (secondary N) is 1. The quantitative estimate of drug-likeness (QED) is 0.891. The number of halogens is 1. The van der Waals surface area contributed by atoms with E-state index in [0.717, 1.165) is 11.0 Å². The summed E-state index contributed by atoms with van der Waals surface area (Å²) < 4.78 is 1.14. The van der Waals surface area contributed by atoms with Gasteiger partial charge < -0.3 is 11.1 Å². The second kappa shape index (κ2) is 4.47. The first-order valence-electron chi connectivity index (χ1n) is 5.76. The Balaban J connectivity index is 2.37. The summed E-state index contributed by atoms with van der Waals surface area (Å²) in [4.78, 5) is 0. The van der Waals surface area contributed by atoms with Gasteiger partial charge in [0.1, 0.15) is 0 Å².